The van der Waals surface area contributed by atoms with E-state index in [2.05, 4.69) is 79.2 Å². The van der Waals surface area contributed by atoms with E-state index in [9.17, 15) is 0 Å². The predicted octanol–water partition coefficient (Wildman–Crippen LogP) is 3.83. The molecular weight excluding hydrogens is 348 g/mol. The highest BCUT2D eigenvalue weighted by Crippen LogP contribution is 2.25. The fourth-order valence-electron chi connectivity index (χ4n) is 3.83. The molecule has 1 fully saturated rings. The van der Waals surface area contributed by atoms with Gasteiger partial charge in [0.1, 0.15) is 6.10 Å². The minimum Gasteiger partial charge on any atom is -0.378 e. The highest BCUT2D eigenvalue weighted by atomic mass is 16.5. The molecule has 152 valence electrons. The third kappa shape index (κ3) is 5.89. The fraction of sp³-hybridized carbons (Fsp3) is 0.500. The average Bonchev–Trinajstić information content (AvgIpc) is 2.72. The van der Waals surface area contributed by atoms with E-state index in [0.29, 0.717) is 25.3 Å². The van der Waals surface area contributed by atoms with Crippen molar-refractivity contribution in [2.45, 2.75) is 32.0 Å². The van der Waals surface area contributed by atoms with E-state index >= 15 is 0 Å². The van der Waals surface area contributed by atoms with Crippen LogP contribution in [0.2, 0.25) is 0 Å². The zero-order valence-electron chi connectivity index (χ0n) is 17.5. The summed E-state index contributed by atoms with van der Waals surface area (Å²) in [6, 6.07) is 22.0. The van der Waals surface area contributed by atoms with Crippen LogP contribution in [0.25, 0.3) is 0 Å². The predicted molar refractivity (Wildman–Crippen MR) is 115 cm³/mol. The third-order valence-electron chi connectivity index (χ3n) is 5.67. The number of piperazine rings is 1. The van der Waals surface area contributed by atoms with Crippen molar-refractivity contribution in [2.24, 2.45) is 0 Å². The van der Waals surface area contributed by atoms with Crippen molar-refractivity contribution < 1.29 is 9.47 Å². The van der Waals surface area contributed by atoms with Crippen LogP contribution in [-0.4, -0.2) is 68.4 Å². The van der Waals surface area contributed by atoms with E-state index in [0.717, 1.165) is 26.2 Å². The van der Waals surface area contributed by atoms with Crippen molar-refractivity contribution in [1.82, 2.24) is 9.80 Å². The molecule has 0 aromatic heterocycles. The van der Waals surface area contributed by atoms with Crippen molar-refractivity contribution in [2.75, 3.05) is 46.5 Å². The van der Waals surface area contributed by atoms with Gasteiger partial charge in [-0.2, -0.15) is 0 Å². The number of nitrogens with zero attached hydrogens (tertiary/aromatic N) is 2. The molecule has 1 aliphatic rings. The molecule has 0 bridgehead atoms. The van der Waals surface area contributed by atoms with Gasteiger partial charge in [-0.25, -0.2) is 0 Å². The quantitative estimate of drug-likeness (QED) is 0.616. The Hall–Kier alpha value is -1.72. The topological polar surface area (TPSA) is 24.9 Å². The third-order valence-corrected chi connectivity index (χ3v) is 5.67. The molecule has 0 N–H and O–H groups in total. The zero-order chi connectivity index (χ0) is 19.8. The Morgan fingerprint density at radius 1 is 0.821 bits per heavy atom. The summed E-state index contributed by atoms with van der Waals surface area (Å²) in [6.07, 6.45) is -0.0514. The highest BCUT2D eigenvalue weighted by Gasteiger charge is 2.26. The Morgan fingerprint density at radius 2 is 1.43 bits per heavy atom. The molecule has 1 saturated heterocycles. The van der Waals surface area contributed by atoms with E-state index < -0.39 is 0 Å². The molecule has 28 heavy (non-hydrogen) atoms. The molecule has 0 unspecified atom stereocenters. The van der Waals surface area contributed by atoms with Crippen molar-refractivity contribution in [3.63, 3.8) is 0 Å². The summed E-state index contributed by atoms with van der Waals surface area (Å²) < 4.78 is 12.1. The largest absolute Gasteiger partial charge is 0.378 e. The monoisotopic (exact) mass is 382 g/mol. The van der Waals surface area contributed by atoms with Gasteiger partial charge in [0.25, 0.3) is 0 Å². The second kappa shape index (κ2) is 10.7. The van der Waals surface area contributed by atoms with Crippen LogP contribution in [0.5, 0.6) is 0 Å². The maximum absolute atomic E-state index is 6.21. The lowest BCUT2D eigenvalue weighted by Gasteiger charge is -2.42. The van der Waals surface area contributed by atoms with E-state index in [-0.39, 0.29) is 6.10 Å². The van der Waals surface area contributed by atoms with Crippen molar-refractivity contribution in [3.8, 4) is 0 Å². The van der Waals surface area contributed by atoms with Crippen LogP contribution in [0.1, 0.15) is 31.1 Å². The van der Waals surface area contributed by atoms with Crippen molar-refractivity contribution >= 4 is 0 Å². The molecule has 1 heterocycles. The normalized spacial score (nSPS) is 21.3. The first-order valence-corrected chi connectivity index (χ1v) is 10.4. The minimum absolute atomic E-state index is 0.0514. The van der Waals surface area contributed by atoms with Gasteiger partial charge in [0.05, 0.1) is 19.8 Å². The summed E-state index contributed by atoms with van der Waals surface area (Å²) in [4.78, 5) is 4.96. The van der Waals surface area contributed by atoms with Crippen LogP contribution < -0.4 is 0 Å². The first-order valence-electron chi connectivity index (χ1n) is 10.4. The minimum atomic E-state index is -0.0514. The van der Waals surface area contributed by atoms with Crippen molar-refractivity contribution in [1.29, 1.82) is 0 Å². The maximum atomic E-state index is 6.21. The summed E-state index contributed by atoms with van der Waals surface area (Å²) in [7, 11) is 2.21. The summed E-state index contributed by atoms with van der Waals surface area (Å²) >= 11 is 0. The Morgan fingerprint density at radius 3 is 2.04 bits per heavy atom. The molecule has 0 aliphatic carbocycles. The van der Waals surface area contributed by atoms with Crippen LogP contribution in [-0.2, 0) is 9.47 Å². The standard InChI is InChI=1S/C24H34N2O2/c1-20-19-26(21(2)18-25(20)3)14-15-27-16-17-28-24(22-10-6-4-7-11-22)23-12-8-5-9-13-23/h4-13,20-21,24H,14-19H2,1-3H3/t20-,21+/m1/s1. The lowest BCUT2D eigenvalue weighted by atomic mass is 10.0. The van der Waals surface area contributed by atoms with E-state index in [1.807, 2.05) is 12.1 Å². The molecule has 3 rings (SSSR count). The molecule has 0 saturated carbocycles. The van der Waals surface area contributed by atoms with Crippen LogP contribution in [0.3, 0.4) is 0 Å². The summed E-state index contributed by atoms with van der Waals surface area (Å²) in [6.45, 7) is 9.78. The molecule has 1 aliphatic heterocycles. The summed E-state index contributed by atoms with van der Waals surface area (Å²) in [5.74, 6) is 0. The molecule has 4 heteroatoms. The Balaban J connectivity index is 1.43. The second-order valence-electron chi connectivity index (χ2n) is 7.82. The second-order valence-corrected chi connectivity index (χ2v) is 7.82. The van der Waals surface area contributed by atoms with Gasteiger partial charge in [0.15, 0.2) is 0 Å². The molecular formula is C24H34N2O2. The van der Waals surface area contributed by atoms with Crippen LogP contribution >= 0.6 is 0 Å². The smallest absolute Gasteiger partial charge is 0.108 e. The van der Waals surface area contributed by atoms with Gasteiger partial charge in [0.2, 0.25) is 0 Å². The first kappa shape index (κ1) is 21.0. The van der Waals surface area contributed by atoms with Crippen LogP contribution in [0.15, 0.2) is 60.7 Å². The van der Waals surface area contributed by atoms with Gasteiger partial charge < -0.3 is 14.4 Å². The van der Waals surface area contributed by atoms with Crippen molar-refractivity contribution in [3.05, 3.63) is 71.8 Å². The Labute approximate surface area is 170 Å². The molecule has 4 nitrogen and oxygen atoms in total. The highest BCUT2D eigenvalue weighted by molar-refractivity contribution is 5.29. The SMILES string of the molecule is C[C@@H]1CN(CCOCCOC(c2ccccc2)c2ccccc2)[C@@H](C)CN1C. The number of likely N-dealkylation sites (N-methyl/N-ethyl adjacent to an activating group) is 1. The maximum Gasteiger partial charge on any atom is 0.108 e. The average molecular weight is 383 g/mol. The number of benzene rings is 2. The molecule has 2 atom stereocenters. The molecule has 2 aromatic rings. The molecule has 0 radical (unpaired) electrons. The van der Waals surface area contributed by atoms with Gasteiger partial charge in [-0.3, -0.25) is 4.90 Å². The van der Waals surface area contributed by atoms with Gasteiger partial charge >= 0.3 is 0 Å². The molecule has 0 spiro atoms. The van der Waals surface area contributed by atoms with E-state index in [4.69, 9.17) is 9.47 Å². The van der Waals surface area contributed by atoms with Gasteiger partial charge in [-0.1, -0.05) is 60.7 Å². The Kier molecular flexibility index (Phi) is 8.04. The molecule has 2 aromatic carbocycles. The van der Waals surface area contributed by atoms with Gasteiger partial charge in [0, 0.05) is 31.7 Å². The number of hydrogen-bond acceptors (Lipinski definition) is 4. The van der Waals surface area contributed by atoms with Crippen LogP contribution in [0.4, 0.5) is 0 Å². The van der Waals surface area contributed by atoms with E-state index in [1.165, 1.54) is 11.1 Å². The van der Waals surface area contributed by atoms with E-state index in [1.54, 1.807) is 0 Å². The van der Waals surface area contributed by atoms with Gasteiger partial charge in [-0.05, 0) is 32.0 Å². The first-order chi connectivity index (χ1) is 13.6. The fourth-order valence-corrected chi connectivity index (χ4v) is 3.83. The zero-order valence-corrected chi connectivity index (χ0v) is 17.5. The lowest BCUT2D eigenvalue weighted by Crippen LogP contribution is -2.55. The Bertz CT molecular complexity index is 640. The number of rotatable bonds is 9. The number of hydrogen-bond donors (Lipinski definition) is 0. The summed E-state index contributed by atoms with van der Waals surface area (Å²) in [5.41, 5.74) is 2.35. The van der Waals surface area contributed by atoms with Gasteiger partial charge in [-0.15, -0.1) is 0 Å². The number of ether oxygens (including phenoxy) is 2. The molecule has 0 amide bonds. The lowest BCUT2D eigenvalue weighted by molar-refractivity contribution is -0.000733. The summed E-state index contributed by atoms with van der Waals surface area (Å²) in [5, 5.41) is 0. The van der Waals surface area contributed by atoms with Crippen LogP contribution in [0, 0.1) is 0 Å².